The lowest BCUT2D eigenvalue weighted by Gasteiger charge is -2.21. The molecule has 2 rings (SSSR count). The molecule has 1 heterocycles. The molecular weight excluding hydrogens is 309 g/mol. The molecule has 0 fully saturated rings. The van der Waals surface area contributed by atoms with Crippen molar-refractivity contribution >= 4 is 17.6 Å². The Hall–Kier alpha value is -2.76. The number of anilines is 1. The second-order valence-electron chi connectivity index (χ2n) is 5.86. The average Bonchev–Trinajstić information content (AvgIpc) is 2.52. The van der Waals surface area contributed by atoms with E-state index in [-0.39, 0.29) is 11.8 Å². The number of carbonyl (C=O) groups is 2. The van der Waals surface area contributed by atoms with Crippen molar-refractivity contribution in [2.24, 2.45) is 5.92 Å². The first-order chi connectivity index (χ1) is 11.4. The molecule has 0 aliphatic rings. The zero-order valence-corrected chi connectivity index (χ0v) is 13.8. The fourth-order valence-electron chi connectivity index (χ4n) is 2.18. The minimum Gasteiger partial charge on any atom is -0.340 e. The molecule has 0 radical (unpaired) electrons. The van der Waals surface area contributed by atoms with Crippen molar-refractivity contribution in [3.63, 3.8) is 0 Å². The van der Waals surface area contributed by atoms with Gasteiger partial charge >= 0.3 is 0 Å². The fraction of sp³-hybridized carbons (Fsp3) is 0.278. The third-order valence-electron chi connectivity index (χ3n) is 3.48. The van der Waals surface area contributed by atoms with Gasteiger partial charge in [0.1, 0.15) is 17.7 Å². The number of hydrogen-bond donors (Lipinski definition) is 2. The Morgan fingerprint density at radius 3 is 2.33 bits per heavy atom. The van der Waals surface area contributed by atoms with Gasteiger partial charge in [0, 0.05) is 11.3 Å². The van der Waals surface area contributed by atoms with Crippen molar-refractivity contribution in [2.45, 2.75) is 26.8 Å². The summed E-state index contributed by atoms with van der Waals surface area (Å²) in [5.41, 5.74) is 1.08. The van der Waals surface area contributed by atoms with Crippen LogP contribution in [-0.2, 0) is 4.79 Å². The van der Waals surface area contributed by atoms with E-state index in [9.17, 15) is 14.0 Å². The maximum atomic E-state index is 12.9. The topological polar surface area (TPSA) is 71.1 Å². The molecule has 0 spiro atoms. The molecule has 0 bridgehead atoms. The van der Waals surface area contributed by atoms with E-state index < -0.39 is 17.8 Å². The molecule has 1 aromatic carbocycles. The standard InChI is InChI=1S/C18H20FN3O2/c1-11(2)16(18(24)21-15-6-4-5-12(3)20-15)22-17(23)13-7-9-14(19)10-8-13/h4-11,16H,1-3H3,(H,22,23)(H,20,21,24)/t16-/m1/s1. The number of amides is 2. The van der Waals surface area contributed by atoms with Crippen LogP contribution < -0.4 is 10.6 Å². The minimum atomic E-state index is -0.732. The van der Waals surface area contributed by atoms with E-state index in [4.69, 9.17) is 0 Å². The number of hydrogen-bond acceptors (Lipinski definition) is 3. The number of aryl methyl sites for hydroxylation is 1. The summed E-state index contributed by atoms with van der Waals surface area (Å²) in [6.07, 6.45) is 0. The molecule has 0 saturated heterocycles. The summed E-state index contributed by atoms with van der Waals surface area (Å²) in [7, 11) is 0. The van der Waals surface area contributed by atoms with Gasteiger partial charge in [-0.15, -0.1) is 0 Å². The Balaban J connectivity index is 2.09. The van der Waals surface area contributed by atoms with Crippen LogP contribution in [0.15, 0.2) is 42.5 Å². The normalized spacial score (nSPS) is 11.9. The Kier molecular flexibility index (Phi) is 5.63. The molecule has 1 atom stereocenters. The van der Waals surface area contributed by atoms with Gasteiger partial charge in [-0.05, 0) is 49.2 Å². The van der Waals surface area contributed by atoms with Crippen LogP contribution in [0.3, 0.4) is 0 Å². The summed E-state index contributed by atoms with van der Waals surface area (Å²) >= 11 is 0. The van der Waals surface area contributed by atoms with Crippen molar-refractivity contribution in [3.05, 3.63) is 59.5 Å². The molecule has 0 saturated carbocycles. The summed E-state index contributed by atoms with van der Waals surface area (Å²) in [5, 5.41) is 5.39. The number of aromatic nitrogens is 1. The molecule has 0 aliphatic heterocycles. The Morgan fingerprint density at radius 2 is 1.75 bits per heavy atom. The second kappa shape index (κ2) is 7.68. The van der Waals surface area contributed by atoms with Crippen molar-refractivity contribution in [1.29, 1.82) is 0 Å². The van der Waals surface area contributed by atoms with E-state index in [0.717, 1.165) is 5.69 Å². The minimum absolute atomic E-state index is 0.126. The molecular formula is C18H20FN3O2. The summed E-state index contributed by atoms with van der Waals surface area (Å²) in [6.45, 7) is 5.49. The lowest BCUT2D eigenvalue weighted by Crippen LogP contribution is -2.47. The first-order valence-electron chi connectivity index (χ1n) is 7.68. The molecule has 0 aliphatic carbocycles. The quantitative estimate of drug-likeness (QED) is 0.886. The van der Waals surface area contributed by atoms with E-state index in [1.54, 1.807) is 12.1 Å². The molecule has 2 amide bonds. The maximum Gasteiger partial charge on any atom is 0.251 e. The summed E-state index contributed by atoms with van der Waals surface area (Å²) in [4.78, 5) is 28.9. The highest BCUT2D eigenvalue weighted by atomic mass is 19.1. The van der Waals surface area contributed by atoms with E-state index in [1.165, 1.54) is 24.3 Å². The number of nitrogens with one attached hydrogen (secondary N) is 2. The van der Waals surface area contributed by atoms with Gasteiger partial charge in [-0.25, -0.2) is 9.37 Å². The van der Waals surface area contributed by atoms with Crippen LogP contribution in [0.5, 0.6) is 0 Å². The third-order valence-corrected chi connectivity index (χ3v) is 3.48. The lowest BCUT2D eigenvalue weighted by atomic mass is 10.0. The highest BCUT2D eigenvalue weighted by Crippen LogP contribution is 2.10. The van der Waals surface area contributed by atoms with Crippen LogP contribution in [0.25, 0.3) is 0 Å². The molecule has 126 valence electrons. The van der Waals surface area contributed by atoms with Crippen molar-refractivity contribution in [1.82, 2.24) is 10.3 Å². The molecule has 1 aromatic heterocycles. The summed E-state index contributed by atoms with van der Waals surface area (Å²) < 4.78 is 12.9. The summed E-state index contributed by atoms with van der Waals surface area (Å²) in [5.74, 6) is -0.893. The van der Waals surface area contributed by atoms with E-state index in [1.807, 2.05) is 26.8 Å². The van der Waals surface area contributed by atoms with Crippen LogP contribution in [-0.4, -0.2) is 22.8 Å². The van der Waals surface area contributed by atoms with Crippen molar-refractivity contribution < 1.29 is 14.0 Å². The van der Waals surface area contributed by atoms with Gasteiger partial charge < -0.3 is 10.6 Å². The average molecular weight is 329 g/mol. The van der Waals surface area contributed by atoms with Crippen LogP contribution in [0.2, 0.25) is 0 Å². The zero-order valence-electron chi connectivity index (χ0n) is 13.8. The van der Waals surface area contributed by atoms with Gasteiger partial charge in [-0.2, -0.15) is 0 Å². The smallest absolute Gasteiger partial charge is 0.251 e. The van der Waals surface area contributed by atoms with E-state index in [2.05, 4.69) is 15.6 Å². The lowest BCUT2D eigenvalue weighted by molar-refractivity contribution is -0.118. The fourth-order valence-corrected chi connectivity index (χ4v) is 2.18. The molecule has 2 N–H and O–H groups in total. The zero-order chi connectivity index (χ0) is 17.7. The predicted molar refractivity (Wildman–Crippen MR) is 90.1 cm³/mol. The predicted octanol–water partition coefficient (Wildman–Crippen LogP) is 2.92. The number of benzene rings is 1. The first kappa shape index (κ1) is 17.6. The number of halogens is 1. The van der Waals surface area contributed by atoms with Gasteiger partial charge in [0.05, 0.1) is 0 Å². The van der Waals surface area contributed by atoms with Crippen LogP contribution in [0.1, 0.15) is 29.9 Å². The van der Waals surface area contributed by atoms with Gasteiger partial charge in [0.25, 0.3) is 5.91 Å². The van der Waals surface area contributed by atoms with E-state index in [0.29, 0.717) is 11.4 Å². The van der Waals surface area contributed by atoms with E-state index >= 15 is 0 Å². The SMILES string of the molecule is Cc1cccc(NC(=O)[C@H](NC(=O)c2ccc(F)cc2)C(C)C)n1. The van der Waals surface area contributed by atoms with Gasteiger partial charge in [0.2, 0.25) is 5.91 Å². The number of carbonyl (C=O) groups excluding carboxylic acids is 2. The molecule has 5 nitrogen and oxygen atoms in total. The Labute approximate surface area is 140 Å². The largest absolute Gasteiger partial charge is 0.340 e. The molecule has 2 aromatic rings. The first-order valence-corrected chi connectivity index (χ1v) is 7.68. The highest BCUT2D eigenvalue weighted by Gasteiger charge is 2.25. The van der Waals surface area contributed by atoms with Gasteiger partial charge in [0.15, 0.2) is 0 Å². The van der Waals surface area contributed by atoms with Crippen molar-refractivity contribution in [2.75, 3.05) is 5.32 Å². The Morgan fingerprint density at radius 1 is 1.08 bits per heavy atom. The number of rotatable bonds is 5. The van der Waals surface area contributed by atoms with Gasteiger partial charge in [-0.3, -0.25) is 9.59 Å². The maximum absolute atomic E-state index is 12.9. The monoisotopic (exact) mass is 329 g/mol. The van der Waals surface area contributed by atoms with Gasteiger partial charge in [-0.1, -0.05) is 19.9 Å². The van der Waals surface area contributed by atoms with Crippen molar-refractivity contribution in [3.8, 4) is 0 Å². The molecule has 0 unspecified atom stereocenters. The Bertz CT molecular complexity index is 729. The molecule has 24 heavy (non-hydrogen) atoms. The third kappa shape index (κ3) is 4.62. The summed E-state index contributed by atoms with van der Waals surface area (Å²) in [6, 6.07) is 9.73. The number of nitrogens with zero attached hydrogens (tertiary/aromatic N) is 1. The molecule has 6 heteroatoms. The highest BCUT2D eigenvalue weighted by molar-refractivity contribution is 6.00. The second-order valence-corrected chi connectivity index (χ2v) is 5.86. The van der Waals surface area contributed by atoms with Crippen LogP contribution >= 0.6 is 0 Å². The van der Waals surface area contributed by atoms with Crippen LogP contribution in [0.4, 0.5) is 10.2 Å². The van der Waals surface area contributed by atoms with Crippen LogP contribution in [0, 0.1) is 18.7 Å². The number of pyridine rings is 1.